The number of rotatable bonds is 10. The summed E-state index contributed by atoms with van der Waals surface area (Å²) in [7, 11) is -4.54. The van der Waals surface area contributed by atoms with Crippen LogP contribution in [0.15, 0.2) is 12.3 Å². The van der Waals surface area contributed by atoms with Crippen LogP contribution in [-0.4, -0.2) is 58.8 Å². The van der Waals surface area contributed by atoms with Gasteiger partial charge in [0.05, 0.1) is 31.0 Å². The zero-order valence-electron chi connectivity index (χ0n) is 18.4. The van der Waals surface area contributed by atoms with Gasteiger partial charge in [0, 0.05) is 6.42 Å². The normalized spacial score (nSPS) is 37.2. The van der Waals surface area contributed by atoms with E-state index in [2.05, 4.69) is 6.58 Å². The molecular formula is C20H37O8P. The van der Waals surface area contributed by atoms with Crippen LogP contribution in [0.25, 0.3) is 0 Å². The quantitative estimate of drug-likeness (QED) is 0.396. The summed E-state index contributed by atoms with van der Waals surface area (Å²) in [5.41, 5.74) is -1.35. The van der Waals surface area contributed by atoms with Crippen molar-refractivity contribution in [1.82, 2.24) is 0 Å². The lowest BCUT2D eigenvalue weighted by atomic mass is 10.0. The van der Waals surface area contributed by atoms with Crippen LogP contribution >= 0.6 is 7.82 Å². The lowest BCUT2D eigenvalue weighted by molar-refractivity contribution is -0.113. The average Bonchev–Trinajstić information content (AvgIpc) is 3.03. The Labute approximate surface area is 174 Å². The van der Waals surface area contributed by atoms with E-state index in [-0.39, 0.29) is 42.7 Å². The highest BCUT2D eigenvalue weighted by Gasteiger charge is 2.50. The first-order valence-electron chi connectivity index (χ1n) is 10.4. The van der Waals surface area contributed by atoms with Crippen molar-refractivity contribution in [1.29, 1.82) is 0 Å². The lowest BCUT2D eigenvalue weighted by Gasteiger charge is -2.32. The van der Waals surface area contributed by atoms with Crippen molar-refractivity contribution in [3.8, 4) is 0 Å². The summed E-state index contributed by atoms with van der Waals surface area (Å²) in [4.78, 5) is 10.3. The van der Waals surface area contributed by atoms with Crippen molar-refractivity contribution in [3.05, 3.63) is 12.3 Å². The van der Waals surface area contributed by atoms with Gasteiger partial charge >= 0.3 is 7.82 Å². The number of hydrogen-bond donors (Lipinski definition) is 2. The molecule has 8 nitrogen and oxygen atoms in total. The fourth-order valence-corrected chi connectivity index (χ4v) is 5.04. The number of hydrogen-bond acceptors (Lipinski definition) is 7. The van der Waals surface area contributed by atoms with Crippen molar-refractivity contribution >= 4 is 7.82 Å². The van der Waals surface area contributed by atoms with Gasteiger partial charge in [0.25, 0.3) is 0 Å². The first-order valence-corrected chi connectivity index (χ1v) is 11.9. The molecule has 1 saturated carbocycles. The molecule has 0 aromatic carbocycles. The maximum absolute atomic E-state index is 12.7. The van der Waals surface area contributed by atoms with Crippen molar-refractivity contribution < 1.29 is 37.8 Å². The Morgan fingerprint density at radius 1 is 1.24 bits per heavy atom. The largest absolute Gasteiger partial charge is 0.527 e. The minimum Gasteiger partial charge on any atom is -0.406 e. The zero-order valence-corrected chi connectivity index (χ0v) is 19.3. The van der Waals surface area contributed by atoms with Gasteiger partial charge in [0.1, 0.15) is 23.6 Å². The molecule has 1 saturated heterocycles. The molecule has 0 bridgehead atoms. The van der Waals surface area contributed by atoms with Gasteiger partial charge in [0.2, 0.25) is 0 Å². The summed E-state index contributed by atoms with van der Waals surface area (Å²) in [5.74, 6) is 0.102. The Balaban J connectivity index is 2.02. The standard InChI is InChI=1S/C20H37O8P/c1-12(2)24-11-20(21)10-14(5)8-18(20)28-29(22,23)27-16(7)19-17(25-13(3)4)9-15(6)26-19/h12-15,17-19,21H,7-11H2,1-6H3,(H,22,23)/t14-,15-,17?,18+,19+,20-/m0/s1. The van der Waals surface area contributed by atoms with E-state index in [1.54, 1.807) is 0 Å². The zero-order chi connectivity index (χ0) is 22.0. The number of ether oxygens (including phenoxy) is 3. The molecule has 2 rings (SSSR count). The van der Waals surface area contributed by atoms with E-state index >= 15 is 0 Å². The Morgan fingerprint density at radius 3 is 2.48 bits per heavy atom. The minimum absolute atomic E-state index is 0.0150. The highest BCUT2D eigenvalue weighted by atomic mass is 31.2. The Bertz CT molecular complexity index is 609. The van der Waals surface area contributed by atoms with Gasteiger partial charge in [0.15, 0.2) is 0 Å². The van der Waals surface area contributed by atoms with Crippen molar-refractivity contribution in [3.63, 3.8) is 0 Å². The Morgan fingerprint density at radius 2 is 1.90 bits per heavy atom. The molecule has 9 heteroatoms. The van der Waals surface area contributed by atoms with Gasteiger partial charge in [-0.2, -0.15) is 0 Å². The second-order valence-electron chi connectivity index (χ2n) is 8.95. The van der Waals surface area contributed by atoms with Crippen molar-refractivity contribution in [2.75, 3.05) is 6.61 Å². The molecule has 1 aliphatic carbocycles. The van der Waals surface area contributed by atoms with Gasteiger partial charge < -0.3 is 23.8 Å². The fraction of sp³-hybridized carbons (Fsp3) is 0.900. The molecule has 0 aromatic heterocycles. The number of phosphoric ester groups is 1. The maximum Gasteiger partial charge on any atom is 0.527 e. The molecule has 0 radical (unpaired) electrons. The molecule has 0 spiro atoms. The third-order valence-electron chi connectivity index (χ3n) is 5.12. The summed E-state index contributed by atoms with van der Waals surface area (Å²) in [5, 5.41) is 11.0. The van der Waals surface area contributed by atoms with Crippen LogP contribution in [-0.2, 0) is 27.8 Å². The molecule has 2 fully saturated rings. The SMILES string of the molecule is C=C(OP(=O)(O)O[C@@H]1C[C@H](C)C[C@]1(O)COC(C)C)[C@H]1O[C@@H](C)CC1OC(C)C. The summed E-state index contributed by atoms with van der Waals surface area (Å²) in [6.07, 6.45) is -0.587. The highest BCUT2D eigenvalue weighted by molar-refractivity contribution is 7.47. The minimum atomic E-state index is -4.54. The van der Waals surface area contributed by atoms with Crippen LogP contribution in [0.3, 0.4) is 0 Å². The van der Waals surface area contributed by atoms with Gasteiger partial charge in [-0.15, -0.1) is 0 Å². The molecule has 170 valence electrons. The first-order chi connectivity index (χ1) is 13.3. The highest BCUT2D eigenvalue weighted by Crippen LogP contribution is 2.52. The topological polar surface area (TPSA) is 104 Å². The van der Waals surface area contributed by atoms with Gasteiger partial charge in [-0.1, -0.05) is 13.5 Å². The molecule has 0 aromatic rings. The monoisotopic (exact) mass is 436 g/mol. The van der Waals surface area contributed by atoms with E-state index in [0.717, 1.165) is 0 Å². The fourth-order valence-electron chi connectivity index (χ4n) is 3.99. The van der Waals surface area contributed by atoms with E-state index in [1.807, 2.05) is 41.5 Å². The Hall–Kier alpha value is -0.470. The average molecular weight is 436 g/mol. The second kappa shape index (κ2) is 9.77. The molecule has 2 unspecified atom stereocenters. The predicted molar refractivity (Wildman–Crippen MR) is 108 cm³/mol. The van der Waals surface area contributed by atoms with Crippen LogP contribution in [0.1, 0.15) is 60.8 Å². The van der Waals surface area contributed by atoms with Crippen LogP contribution < -0.4 is 0 Å². The molecule has 2 N–H and O–H groups in total. The summed E-state index contributed by atoms with van der Waals surface area (Å²) in [6.45, 7) is 15.2. The van der Waals surface area contributed by atoms with Gasteiger partial charge in [-0.3, -0.25) is 9.42 Å². The first kappa shape index (κ1) is 24.8. The third-order valence-corrected chi connectivity index (χ3v) is 6.11. The smallest absolute Gasteiger partial charge is 0.406 e. The maximum atomic E-state index is 12.7. The summed E-state index contributed by atoms with van der Waals surface area (Å²) >= 11 is 0. The number of phosphoric acid groups is 1. The lowest BCUT2D eigenvalue weighted by Crippen LogP contribution is -2.44. The van der Waals surface area contributed by atoms with E-state index < -0.39 is 25.6 Å². The van der Waals surface area contributed by atoms with E-state index in [4.69, 9.17) is 23.3 Å². The number of aliphatic hydroxyl groups is 1. The van der Waals surface area contributed by atoms with E-state index in [9.17, 15) is 14.6 Å². The van der Waals surface area contributed by atoms with Crippen molar-refractivity contribution in [2.45, 2.75) is 103 Å². The van der Waals surface area contributed by atoms with E-state index in [0.29, 0.717) is 19.3 Å². The van der Waals surface area contributed by atoms with Gasteiger partial charge in [-0.25, -0.2) is 4.57 Å². The molecule has 29 heavy (non-hydrogen) atoms. The molecule has 2 aliphatic rings. The summed E-state index contributed by atoms with van der Waals surface area (Å²) in [6, 6.07) is 0. The van der Waals surface area contributed by atoms with Crippen LogP contribution in [0.4, 0.5) is 0 Å². The predicted octanol–water partition coefficient (Wildman–Crippen LogP) is 3.56. The molecule has 1 aliphatic heterocycles. The van der Waals surface area contributed by atoms with Crippen LogP contribution in [0, 0.1) is 5.92 Å². The van der Waals surface area contributed by atoms with Crippen LogP contribution in [0.2, 0.25) is 0 Å². The van der Waals surface area contributed by atoms with E-state index in [1.165, 1.54) is 0 Å². The molecular weight excluding hydrogens is 399 g/mol. The molecule has 1 heterocycles. The molecule has 7 atom stereocenters. The third kappa shape index (κ3) is 7.03. The van der Waals surface area contributed by atoms with Crippen LogP contribution in [0.5, 0.6) is 0 Å². The summed E-state index contributed by atoms with van der Waals surface area (Å²) < 4.78 is 40.5. The second-order valence-corrected chi connectivity index (χ2v) is 10.3. The van der Waals surface area contributed by atoms with Crippen molar-refractivity contribution in [2.24, 2.45) is 5.92 Å². The Kier molecular flexibility index (Phi) is 8.36. The van der Waals surface area contributed by atoms with Gasteiger partial charge in [-0.05, 0) is 53.4 Å². The molecule has 0 amide bonds.